The molecule has 1 atom stereocenters. The lowest BCUT2D eigenvalue weighted by molar-refractivity contribution is -0.121. The topological polar surface area (TPSA) is 29.1 Å². The van der Waals surface area contributed by atoms with Crippen molar-refractivity contribution in [1.82, 2.24) is 5.32 Å². The normalized spacial score (nSPS) is 12.2. The molecule has 0 bridgehead atoms. The molecule has 122 valence electrons. The predicted molar refractivity (Wildman–Crippen MR) is 96.7 cm³/mol. The summed E-state index contributed by atoms with van der Waals surface area (Å²) in [7, 11) is 0. The lowest BCUT2D eigenvalue weighted by Crippen LogP contribution is -2.27. The molecule has 0 saturated heterocycles. The summed E-state index contributed by atoms with van der Waals surface area (Å²) >= 11 is 0. The maximum absolute atomic E-state index is 12.0. The highest BCUT2D eigenvalue weighted by Gasteiger charge is 2.08. The molecule has 0 spiro atoms. The third kappa shape index (κ3) is 5.55. The average Bonchev–Trinajstić information content (AvgIpc) is 2.59. The highest BCUT2D eigenvalue weighted by Crippen LogP contribution is 2.16. The van der Waals surface area contributed by atoms with Crippen LogP contribution in [0.1, 0.15) is 55.7 Å². The van der Waals surface area contributed by atoms with E-state index in [1.807, 2.05) is 18.2 Å². The monoisotopic (exact) mass is 309 g/mol. The fraction of sp³-hybridized carbons (Fsp3) is 0.381. The van der Waals surface area contributed by atoms with Crippen molar-refractivity contribution in [3.63, 3.8) is 0 Å². The SMILES string of the molecule is CC(C)c1ccc(CCC(=O)NCC(C)c2ccccc2)cc1. The van der Waals surface area contributed by atoms with Gasteiger partial charge < -0.3 is 5.32 Å². The zero-order valence-electron chi connectivity index (χ0n) is 14.4. The zero-order valence-corrected chi connectivity index (χ0v) is 14.4. The second-order valence-electron chi connectivity index (χ2n) is 6.51. The molecule has 0 heterocycles. The van der Waals surface area contributed by atoms with E-state index in [0.717, 1.165) is 6.42 Å². The van der Waals surface area contributed by atoms with Crippen LogP contribution < -0.4 is 5.32 Å². The molecule has 2 aromatic rings. The van der Waals surface area contributed by atoms with Gasteiger partial charge in [0.15, 0.2) is 0 Å². The number of hydrogen-bond donors (Lipinski definition) is 1. The van der Waals surface area contributed by atoms with Crippen molar-refractivity contribution in [3.8, 4) is 0 Å². The Kier molecular flexibility index (Phi) is 6.40. The summed E-state index contributed by atoms with van der Waals surface area (Å²) < 4.78 is 0. The molecule has 2 rings (SSSR count). The largest absolute Gasteiger partial charge is 0.355 e. The summed E-state index contributed by atoms with van der Waals surface area (Å²) in [6.07, 6.45) is 1.34. The Balaban J connectivity index is 1.74. The van der Waals surface area contributed by atoms with Gasteiger partial charge in [-0.15, -0.1) is 0 Å². The lowest BCUT2D eigenvalue weighted by Gasteiger charge is -2.13. The zero-order chi connectivity index (χ0) is 16.7. The molecular formula is C21H27NO. The van der Waals surface area contributed by atoms with Crippen LogP contribution in [0.25, 0.3) is 0 Å². The number of carbonyl (C=O) groups excluding carboxylic acids is 1. The third-order valence-corrected chi connectivity index (χ3v) is 4.26. The molecule has 1 unspecified atom stereocenters. The highest BCUT2D eigenvalue weighted by atomic mass is 16.1. The molecule has 2 aromatic carbocycles. The molecule has 0 fully saturated rings. The Morgan fingerprint density at radius 3 is 2.17 bits per heavy atom. The Morgan fingerprint density at radius 2 is 1.57 bits per heavy atom. The first-order valence-electron chi connectivity index (χ1n) is 8.46. The van der Waals surface area contributed by atoms with E-state index in [9.17, 15) is 4.79 Å². The third-order valence-electron chi connectivity index (χ3n) is 4.26. The van der Waals surface area contributed by atoms with Crippen LogP contribution >= 0.6 is 0 Å². The van der Waals surface area contributed by atoms with Gasteiger partial charge in [0, 0.05) is 13.0 Å². The first-order valence-corrected chi connectivity index (χ1v) is 8.46. The van der Waals surface area contributed by atoms with Crippen molar-refractivity contribution in [2.24, 2.45) is 0 Å². The van der Waals surface area contributed by atoms with Crippen LogP contribution in [0.15, 0.2) is 54.6 Å². The number of aryl methyl sites for hydroxylation is 1. The van der Waals surface area contributed by atoms with Gasteiger partial charge in [-0.25, -0.2) is 0 Å². The van der Waals surface area contributed by atoms with Gasteiger partial charge in [0.25, 0.3) is 0 Å². The molecule has 0 aliphatic rings. The average molecular weight is 309 g/mol. The highest BCUT2D eigenvalue weighted by molar-refractivity contribution is 5.76. The van der Waals surface area contributed by atoms with Crippen LogP contribution in [0.4, 0.5) is 0 Å². The quantitative estimate of drug-likeness (QED) is 0.791. The first kappa shape index (κ1) is 17.3. The van der Waals surface area contributed by atoms with E-state index >= 15 is 0 Å². The summed E-state index contributed by atoms with van der Waals surface area (Å²) in [5.41, 5.74) is 3.83. The van der Waals surface area contributed by atoms with Crippen LogP contribution in [0.2, 0.25) is 0 Å². The molecule has 0 radical (unpaired) electrons. The van der Waals surface area contributed by atoms with Gasteiger partial charge in [0.05, 0.1) is 0 Å². The molecule has 1 N–H and O–H groups in total. The van der Waals surface area contributed by atoms with Crippen molar-refractivity contribution in [1.29, 1.82) is 0 Å². The molecule has 0 saturated carbocycles. The van der Waals surface area contributed by atoms with Gasteiger partial charge in [0.2, 0.25) is 5.91 Å². The lowest BCUT2D eigenvalue weighted by atomic mass is 10.00. The predicted octanol–water partition coefficient (Wildman–Crippen LogP) is 4.66. The van der Waals surface area contributed by atoms with Crippen molar-refractivity contribution in [3.05, 3.63) is 71.3 Å². The Hall–Kier alpha value is -2.09. The minimum absolute atomic E-state index is 0.126. The van der Waals surface area contributed by atoms with Crippen molar-refractivity contribution >= 4 is 5.91 Å². The van der Waals surface area contributed by atoms with E-state index in [1.165, 1.54) is 16.7 Å². The molecule has 0 aliphatic heterocycles. The number of nitrogens with one attached hydrogen (secondary N) is 1. The summed E-state index contributed by atoms with van der Waals surface area (Å²) in [4.78, 5) is 12.0. The van der Waals surface area contributed by atoms with Crippen LogP contribution in [-0.2, 0) is 11.2 Å². The van der Waals surface area contributed by atoms with Gasteiger partial charge in [-0.3, -0.25) is 4.79 Å². The van der Waals surface area contributed by atoms with Gasteiger partial charge in [0.1, 0.15) is 0 Å². The number of benzene rings is 2. The Morgan fingerprint density at radius 1 is 0.913 bits per heavy atom. The molecule has 23 heavy (non-hydrogen) atoms. The molecular weight excluding hydrogens is 282 g/mol. The second-order valence-corrected chi connectivity index (χ2v) is 6.51. The summed E-state index contributed by atoms with van der Waals surface area (Å²) in [5, 5.41) is 3.04. The van der Waals surface area contributed by atoms with E-state index in [4.69, 9.17) is 0 Å². The maximum atomic E-state index is 12.0. The van der Waals surface area contributed by atoms with Crippen molar-refractivity contribution in [2.45, 2.75) is 45.4 Å². The van der Waals surface area contributed by atoms with E-state index in [2.05, 4.69) is 62.5 Å². The molecule has 0 aromatic heterocycles. The molecule has 2 heteroatoms. The summed E-state index contributed by atoms with van der Waals surface area (Å²) in [6.45, 7) is 7.21. The van der Waals surface area contributed by atoms with Crippen LogP contribution in [0.5, 0.6) is 0 Å². The molecule has 1 amide bonds. The van der Waals surface area contributed by atoms with Crippen LogP contribution in [0.3, 0.4) is 0 Å². The first-order chi connectivity index (χ1) is 11.1. The van der Waals surface area contributed by atoms with E-state index in [1.54, 1.807) is 0 Å². The van der Waals surface area contributed by atoms with Crippen molar-refractivity contribution in [2.75, 3.05) is 6.54 Å². The minimum atomic E-state index is 0.126. The fourth-order valence-electron chi connectivity index (χ4n) is 2.58. The van der Waals surface area contributed by atoms with Gasteiger partial charge in [-0.05, 0) is 34.9 Å². The molecule has 2 nitrogen and oxygen atoms in total. The van der Waals surface area contributed by atoms with Gasteiger partial charge >= 0.3 is 0 Å². The Labute approximate surface area is 139 Å². The summed E-state index contributed by atoms with van der Waals surface area (Å²) in [5.74, 6) is 1.01. The van der Waals surface area contributed by atoms with E-state index in [-0.39, 0.29) is 5.91 Å². The summed E-state index contributed by atoms with van der Waals surface area (Å²) in [6, 6.07) is 18.9. The van der Waals surface area contributed by atoms with Crippen LogP contribution in [0, 0.1) is 0 Å². The Bertz CT molecular complexity index is 601. The number of rotatable bonds is 7. The maximum Gasteiger partial charge on any atom is 0.220 e. The van der Waals surface area contributed by atoms with Crippen molar-refractivity contribution < 1.29 is 4.79 Å². The van der Waals surface area contributed by atoms with E-state index < -0.39 is 0 Å². The second kappa shape index (κ2) is 8.52. The number of amides is 1. The van der Waals surface area contributed by atoms with Gasteiger partial charge in [-0.2, -0.15) is 0 Å². The van der Waals surface area contributed by atoms with Crippen LogP contribution in [-0.4, -0.2) is 12.5 Å². The minimum Gasteiger partial charge on any atom is -0.355 e. The standard InChI is InChI=1S/C21H27NO/c1-16(2)19-12-9-18(10-13-19)11-14-21(23)22-15-17(3)20-7-5-4-6-8-20/h4-10,12-13,16-17H,11,14-15H2,1-3H3,(H,22,23). The smallest absolute Gasteiger partial charge is 0.220 e. The molecule has 0 aliphatic carbocycles. The number of carbonyl (C=O) groups is 1. The van der Waals surface area contributed by atoms with E-state index in [0.29, 0.717) is 24.8 Å². The van der Waals surface area contributed by atoms with Gasteiger partial charge in [-0.1, -0.05) is 75.4 Å². The fourth-order valence-corrected chi connectivity index (χ4v) is 2.58. The number of hydrogen-bond acceptors (Lipinski definition) is 1.